The molecule has 0 fully saturated rings. The van der Waals surface area contributed by atoms with Crippen molar-refractivity contribution >= 4 is 53.0 Å². The molecule has 0 saturated carbocycles. The zero-order valence-corrected chi connectivity index (χ0v) is 22.5. The number of ether oxygens (including phenoxy) is 4. The molecule has 3 aromatic rings. The van der Waals surface area contributed by atoms with Gasteiger partial charge < -0.3 is 40.3 Å². The van der Waals surface area contributed by atoms with Gasteiger partial charge in [-0.15, -0.1) is 0 Å². The van der Waals surface area contributed by atoms with E-state index in [4.69, 9.17) is 5.73 Å². The zero-order valence-electron chi connectivity index (χ0n) is 22.5. The van der Waals surface area contributed by atoms with Gasteiger partial charge in [0.2, 0.25) is 5.95 Å². The first-order valence-corrected chi connectivity index (χ1v) is 12.5. The van der Waals surface area contributed by atoms with Crippen molar-refractivity contribution in [1.82, 2.24) is 25.3 Å². The van der Waals surface area contributed by atoms with Crippen LogP contribution in [0.2, 0.25) is 0 Å². The molecule has 0 unspecified atom stereocenters. The van der Waals surface area contributed by atoms with Gasteiger partial charge in [-0.2, -0.15) is 4.98 Å². The van der Waals surface area contributed by atoms with Crippen LogP contribution >= 0.6 is 0 Å². The Labute approximate surface area is 237 Å². The normalized spacial score (nSPS) is 11.2. The highest BCUT2D eigenvalue weighted by atomic mass is 16.7. The second-order valence-corrected chi connectivity index (χ2v) is 8.24. The quantitative estimate of drug-likeness (QED) is 0.182. The van der Waals surface area contributed by atoms with Crippen LogP contribution < -0.4 is 21.9 Å². The fraction of sp³-hybridized carbons (Fsp3) is 0.320. The smallest absolute Gasteiger partial charge is 0.434 e. The zero-order chi connectivity index (χ0) is 30.6. The van der Waals surface area contributed by atoms with Crippen LogP contribution in [0.15, 0.2) is 35.3 Å². The Morgan fingerprint density at radius 2 is 1.64 bits per heavy atom. The summed E-state index contributed by atoms with van der Waals surface area (Å²) in [5, 5.41) is 5.45. The maximum atomic E-state index is 12.8. The Balaban J connectivity index is 1.63. The minimum absolute atomic E-state index is 0.0166. The van der Waals surface area contributed by atoms with Crippen molar-refractivity contribution in [3.05, 3.63) is 52.1 Å². The lowest BCUT2D eigenvalue weighted by atomic mass is 10.1. The molecular weight excluding hydrogens is 558 g/mol. The molecule has 222 valence electrons. The predicted octanol–water partition coefficient (Wildman–Crippen LogP) is 1.19. The second kappa shape index (κ2) is 14.7. The molecule has 2 heterocycles. The molecule has 1 amide bonds. The van der Waals surface area contributed by atoms with E-state index in [2.05, 4.69) is 49.5 Å². The number of hydrogen-bond acceptors (Lipinski definition) is 15. The monoisotopic (exact) mass is 585 g/mol. The van der Waals surface area contributed by atoms with Crippen molar-refractivity contribution in [2.75, 3.05) is 24.3 Å². The highest BCUT2D eigenvalue weighted by molar-refractivity contribution is 5.98. The number of nitrogens with zero attached hydrogens (tertiary/aromatic N) is 3. The maximum Gasteiger partial charge on any atom is 0.516 e. The van der Waals surface area contributed by atoms with E-state index >= 15 is 0 Å². The Morgan fingerprint density at radius 1 is 0.976 bits per heavy atom. The molecule has 0 bridgehead atoms. The summed E-state index contributed by atoms with van der Waals surface area (Å²) in [6, 6.07) is 4.57. The summed E-state index contributed by atoms with van der Waals surface area (Å²) in [6.45, 7) is 3.12. The number of esters is 2. The van der Waals surface area contributed by atoms with Gasteiger partial charge in [-0.25, -0.2) is 24.4 Å². The number of carbonyl (C=O) groups excluding carboxylic acids is 5. The minimum atomic E-state index is -1.46. The molecule has 2 aromatic heterocycles. The van der Waals surface area contributed by atoms with Crippen molar-refractivity contribution in [1.29, 1.82) is 0 Å². The number of anilines is 2. The fourth-order valence-electron chi connectivity index (χ4n) is 3.34. The van der Waals surface area contributed by atoms with Crippen LogP contribution in [0.3, 0.4) is 0 Å². The minimum Gasteiger partial charge on any atom is -0.434 e. The lowest BCUT2D eigenvalue weighted by Crippen LogP contribution is -2.43. The number of benzene rings is 1. The van der Waals surface area contributed by atoms with Gasteiger partial charge in [0.25, 0.3) is 5.91 Å². The summed E-state index contributed by atoms with van der Waals surface area (Å²) in [7, 11) is 0. The number of fused-ring (bicyclic) bond motifs is 1. The molecule has 0 saturated heterocycles. The highest BCUT2D eigenvalue weighted by Gasteiger charge is 2.27. The third-order valence-corrected chi connectivity index (χ3v) is 5.25. The molecule has 42 heavy (non-hydrogen) atoms. The van der Waals surface area contributed by atoms with E-state index in [9.17, 15) is 28.8 Å². The molecule has 1 atom stereocenters. The average molecular weight is 586 g/mol. The summed E-state index contributed by atoms with van der Waals surface area (Å²) in [5.41, 5.74) is 6.26. The van der Waals surface area contributed by atoms with Gasteiger partial charge in [-0.3, -0.25) is 14.4 Å². The van der Waals surface area contributed by atoms with E-state index in [1.807, 2.05) is 0 Å². The highest BCUT2D eigenvalue weighted by Crippen LogP contribution is 2.13. The van der Waals surface area contributed by atoms with Crippen LogP contribution in [0.4, 0.5) is 21.2 Å². The molecule has 3 rings (SSSR count). The first kappa shape index (κ1) is 30.9. The van der Waals surface area contributed by atoms with Gasteiger partial charge in [0, 0.05) is 17.7 Å². The van der Waals surface area contributed by atoms with E-state index < -0.39 is 48.2 Å². The number of carbonyl (C=O) groups is 5. The van der Waals surface area contributed by atoms with E-state index in [0.29, 0.717) is 11.4 Å². The molecule has 5 N–H and O–H groups in total. The number of aromatic nitrogens is 4. The van der Waals surface area contributed by atoms with Gasteiger partial charge >= 0.3 is 29.8 Å². The Morgan fingerprint density at radius 3 is 2.31 bits per heavy atom. The summed E-state index contributed by atoms with van der Waals surface area (Å²) in [5.74, 6) is -3.00. The molecule has 0 aliphatic heterocycles. The van der Waals surface area contributed by atoms with E-state index in [1.54, 1.807) is 12.1 Å². The van der Waals surface area contributed by atoms with Gasteiger partial charge in [0.1, 0.15) is 6.04 Å². The van der Waals surface area contributed by atoms with E-state index in [1.165, 1.54) is 32.2 Å². The van der Waals surface area contributed by atoms with Crippen molar-refractivity contribution in [3.63, 3.8) is 0 Å². The number of hydrogen-bond donors (Lipinski definition) is 4. The number of nitrogen functional groups attached to an aromatic ring is 1. The SMILES string of the molecule is CCOC(=O)OC(=O)CC[C@H](NC(=O)c1ccc(NCc2cnc3[nH]c(N)nc(=O)c3n2)cc1)C(=O)OC(=O)OCC. The number of rotatable bonds is 11. The molecule has 0 radical (unpaired) electrons. The molecule has 0 aliphatic rings. The van der Waals surface area contributed by atoms with Gasteiger partial charge in [-0.05, 0) is 44.5 Å². The number of aromatic amines is 1. The second-order valence-electron chi connectivity index (χ2n) is 8.24. The number of nitrogens with one attached hydrogen (secondary N) is 3. The van der Waals surface area contributed by atoms with Gasteiger partial charge in [-0.1, -0.05) is 0 Å². The summed E-state index contributed by atoms with van der Waals surface area (Å²) < 4.78 is 18.1. The maximum absolute atomic E-state index is 12.8. The number of H-pyrrole nitrogens is 1. The van der Waals surface area contributed by atoms with E-state index in [-0.39, 0.29) is 48.9 Å². The fourth-order valence-corrected chi connectivity index (χ4v) is 3.34. The number of amides is 1. The summed E-state index contributed by atoms with van der Waals surface area (Å²) in [4.78, 5) is 86.8. The number of nitrogens with two attached hydrogens (primary N) is 1. The Kier molecular flexibility index (Phi) is 10.8. The van der Waals surface area contributed by atoms with Crippen LogP contribution in [0, 0.1) is 0 Å². The standard InChI is InChI=1S/C25H27N7O10/c1-3-39-24(37)41-17(33)10-9-16(22(36)42-25(38)40-4-2)30-20(34)13-5-7-14(8-6-13)27-11-15-12-28-19-18(29-15)21(35)32-23(26)31-19/h5-8,12,16,27H,3-4,9-11H2,1-2H3,(H,30,34)(H3,26,28,31,32,35)/t16-/m0/s1. The van der Waals surface area contributed by atoms with Crippen LogP contribution in [-0.4, -0.2) is 69.3 Å². The van der Waals surface area contributed by atoms with Crippen LogP contribution in [0.25, 0.3) is 11.2 Å². The molecule has 17 heteroatoms. The van der Waals surface area contributed by atoms with Crippen LogP contribution in [-0.2, 0) is 35.1 Å². The lowest BCUT2D eigenvalue weighted by Gasteiger charge is -2.16. The molecular formula is C25H27N7O10. The van der Waals surface area contributed by atoms with Gasteiger partial charge in [0.15, 0.2) is 11.2 Å². The lowest BCUT2D eigenvalue weighted by molar-refractivity contribution is -0.143. The summed E-state index contributed by atoms with van der Waals surface area (Å²) >= 11 is 0. The average Bonchev–Trinajstić information content (AvgIpc) is 2.94. The van der Waals surface area contributed by atoms with Crippen molar-refractivity contribution in [3.8, 4) is 0 Å². The Hall–Kier alpha value is -5.61. The summed E-state index contributed by atoms with van der Waals surface area (Å²) in [6.07, 6.45) is -1.90. The van der Waals surface area contributed by atoms with E-state index in [0.717, 1.165) is 0 Å². The first-order chi connectivity index (χ1) is 20.1. The largest absolute Gasteiger partial charge is 0.516 e. The molecule has 0 aliphatic carbocycles. The van der Waals surface area contributed by atoms with Crippen LogP contribution in [0.1, 0.15) is 42.7 Å². The molecule has 17 nitrogen and oxygen atoms in total. The van der Waals surface area contributed by atoms with Crippen molar-refractivity contribution in [2.45, 2.75) is 39.3 Å². The van der Waals surface area contributed by atoms with Gasteiger partial charge in [0.05, 0.1) is 31.6 Å². The first-order valence-electron chi connectivity index (χ1n) is 12.5. The van der Waals surface area contributed by atoms with Crippen molar-refractivity contribution in [2.24, 2.45) is 0 Å². The molecule has 1 aromatic carbocycles. The third kappa shape index (κ3) is 8.97. The topological polar surface area (TPSA) is 244 Å². The molecule has 0 spiro atoms. The Bertz CT molecular complexity index is 1520. The predicted molar refractivity (Wildman–Crippen MR) is 143 cm³/mol. The third-order valence-electron chi connectivity index (χ3n) is 5.25. The van der Waals surface area contributed by atoms with Crippen LogP contribution in [0.5, 0.6) is 0 Å². The van der Waals surface area contributed by atoms with Crippen molar-refractivity contribution < 1.29 is 42.9 Å².